The SMILES string of the molecule is O=C(Nc1ccc2c(c1)OCCO2)C1CC(=O)N(C2CCCCCC2)C1. The van der Waals surface area contributed by atoms with Gasteiger partial charge < -0.3 is 19.7 Å². The smallest absolute Gasteiger partial charge is 0.229 e. The van der Waals surface area contributed by atoms with Crippen molar-refractivity contribution in [3.05, 3.63) is 18.2 Å². The van der Waals surface area contributed by atoms with Crippen molar-refractivity contribution in [2.45, 2.75) is 51.0 Å². The maximum absolute atomic E-state index is 12.7. The summed E-state index contributed by atoms with van der Waals surface area (Å²) in [4.78, 5) is 27.1. The molecule has 1 saturated heterocycles. The summed E-state index contributed by atoms with van der Waals surface area (Å²) < 4.78 is 11.1. The topological polar surface area (TPSA) is 67.9 Å². The number of hydrogen-bond donors (Lipinski definition) is 1. The molecule has 2 fully saturated rings. The average Bonchev–Trinajstić information content (AvgIpc) is 2.86. The van der Waals surface area contributed by atoms with Crippen molar-refractivity contribution in [2.24, 2.45) is 5.92 Å². The third-order valence-electron chi connectivity index (χ3n) is 5.60. The molecule has 0 bridgehead atoms. The molecule has 6 heteroatoms. The Morgan fingerprint density at radius 3 is 2.54 bits per heavy atom. The fraction of sp³-hybridized carbons (Fsp3) is 0.600. The molecular formula is C20H26N2O4. The molecule has 1 saturated carbocycles. The van der Waals surface area contributed by atoms with E-state index in [0.717, 1.165) is 12.8 Å². The molecular weight excluding hydrogens is 332 g/mol. The number of fused-ring (bicyclic) bond motifs is 1. The summed E-state index contributed by atoms with van der Waals surface area (Å²) >= 11 is 0. The number of nitrogens with zero attached hydrogens (tertiary/aromatic N) is 1. The summed E-state index contributed by atoms with van der Waals surface area (Å²) in [7, 11) is 0. The molecule has 1 N–H and O–H groups in total. The lowest BCUT2D eigenvalue weighted by Gasteiger charge is -2.27. The van der Waals surface area contributed by atoms with Crippen LogP contribution in [0.2, 0.25) is 0 Å². The van der Waals surface area contributed by atoms with E-state index in [1.807, 2.05) is 17.0 Å². The Hall–Kier alpha value is -2.24. The van der Waals surface area contributed by atoms with Crippen molar-refractivity contribution >= 4 is 17.5 Å². The molecule has 3 aliphatic rings. The zero-order valence-corrected chi connectivity index (χ0v) is 15.0. The Balaban J connectivity index is 1.38. The summed E-state index contributed by atoms with van der Waals surface area (Å²) in [5, 5.41) is 2.94. The molecule has 0 spiro atoms. The molecule has 2 aliphatic heterocycles. The van der Waals surface area contributed by atoms with Gasteiger partial charge >= 0.3 is 0 Å². The summed E-state index contributed by atoms with van der Waals surface area (Å²) in [6.07, 6.45) is 7.33. The number of carbonyl (C=O) groups excluding carboxylic acids is 2. The fourth-order valence-electron chi connectivity index (χ4n) is 4.20. The number of benzene rings is 1. The fourth-order valence-corrected chi connectivity index (χ4v) is 4.20. The van der Waals surface area contributed by atoms with Gasteiger partial charge in [-0.1, -0.05) is 25.7 Å². The van der Waals surface area contributed by atoms with E-state index in [9.17, 15) is 9.59 Å². The van der Waals surface area contributed by atoms with Crippen LogP contribution in [0.15, 0.2) is 18.2 Å². The van der Waals surface area contributed by atoms with E-state index in [4.69, 9.17) is 9.47 Å². The molecule has 4 rings (SSSR count). The summed E-state index contributed by atoms with van der Waals surface area (Å²) in [6.45, 7) is 1.59. The van der Waals surface area contributed by atoms with Crippen molar-refractivity contribution in [3.63, 3.8) is 0 Å². The van der Waals surface area contributed by atoms with Crippen LogP contribution in [0.1, 0.15) is 44.9 Å². The Morgan fingerprint density at radius 1 is 1.04 bits per heavy atom. The molecule has 140 valence electrons. The largest absolute Gasteiger partial charge is 0.486 e. The first-order valence-corrected chi connectivity index (χ1v) is 9.71. The molecule has 2 amide bonds. The molecule has 2 heterocycles. The quantitative estimate of drug-likeness (QED) is 0.844. The second kappa shape index (κ2) is 7.56. The van der Waals surface area contributed by atoms with Crippen molar-refractivity contribution in [3.8, 4) is 11.5 Å². The maximum atomic E-state index is 12.7. The summed E-state index contributed by atoms with van der Waals surface area (Å²) in [5.74, 6) is 1.10. The van der Waals surface area contributed by atoms with E-state index in [1.165, 1.54) is 25.7 Å². The van der Waals surface area contributed by atoms with Gasteiger partial charge in [-0.2, -0.15) is 0 Å². The number of nitrogens with one attached hydrogen (secondary N) is 1. The molecule has 26 heavy (non-hydrogen) atoms. The van der Waals surface area contributed by atoms with Crippen molar-refractivity contribution < 1.29 is 19.1 Å². The molecule has 0 aromatic heterocycles. The van der Waals surface area contributed by atoms with Crippen LogP contribution < -0.4 is 14.8 Å². The zero-order chi connectivity index (χ0) is 17.9. The molecule has 1 aromatic carbocycles. The van der Waals surface area contributed by atoms with Gasteiger partial charge in [0, 0.05) is 30.8 Å². The van der Waals surface area contributed by atoms with Crippen LogP contribution in [0, 0.1) is 5.92 Å². The lowest BCUT2D eigenvalue weighted by Crippen LogP contribution is -2.37. The first-order valence-electron chi connectivity index (χ1n) is 9.71. The second-order valence-corrected chi connectivity index (χ2v) is 7.44. The molecule has 1 unspecified atom stereocenters. The highest BCUT2D eigenvalue weighted by Gasteiger charge is 2.37. The van der Waals surface area contributed by atoms with E-state index in [0.29, 0.717) is 49.4 Å². The van der Waals surface area contributed by atoms with E-state index in [2.05, 4.69) is 5.32 Å². The molecule has 1 atom stereocenters. The lowest BCUT2D eigenvalue weighted by atomic mass is 10.1. The van der Waals surface area contributed by atoms with Crippen LogP contribution in [0.5, 0.6) is 11.5 Å². The third kappa shape index (κ3) is 3.64. The van der Waals surface area contributed by atoms with E-state index < -0.39 is 0 Å². The minimum atomic E-state index is -0.279. The van der Waals surface area contributed by atoms with E-state index in [-0.39, 0.29) is 17.7 Å². The number of ether oxygens (including phenoxy) is 2. The standard InChI is InChI=1S/C20H26N2O4/c23-19-11-14(13-22(19)16-5-3-1-2-4-6-16)20(24)21-15-7-8-17-18(12-15)26-10-9-25-17/h7-8,12,14,16H,1-6,9-11,13H2,(H,21,24). The van der Waals surface area contributed by atoms with Crippen LogP contribution in [-0.4, -0.2) is 42.5 Å². The molecule has 0 radical (unpaired) electrons. The summed E-state index contributed by atoms with van der Waals surface area (Å²) in [5.41, 5.74) is 0.680. The number of rotatable bonds is 3. The van der Waals surface area contributed by atoms with Gasteiger partial charge in [-0.3, -0.25) is 9.59 Å². The minimum Gasteiger partial charge on any atom is -0.486 e. The predicted octanol–water partition coefficient (Wildman–Crippen LogP) is 2.97. The number of likely N-dealkylation sites (tertiary alicyclic amines) is 1. The van der Waals surface area contributed by atoms with Gasteiger partial charge in [0.25, 0.3) is 0 Å². The summed E-state index contributed by atoms with van der Waals surface area (Å²) in [6, 6.07) is 5.72. The van der Waals surface area contributed by atoms with Gasteiger partial charge in [-0.25, -0.2) is 0 Å². The van der Waals surface area contributed by atoms with Gasteiger partial charge in [0.05, 0.1) is 5.92 Å². The van der Waals surface area contributed by atoms with Crippen LogP contribution in [0.4, 0.5) is 5.69 Å². The van der Waals surface area contributed by atoms with Crippen LogP contribution in [-0.2, 0) is 9.59 Å². The first-order chi connectivity index (χ1) is 12.7. The van der Waals surface area contributed by atoms with Crippen LogP contribution in [0.3, 0.4) is 0 Å². The predicted molar refractivity (Wildman–Crippen MR) is 97.4 cm³/mol. The monoisotopic (exact) mass is 358 g/mol. The van der Waals surface area contributed by atoms with Crippen molar-refractivity contribution in [1.82, 2.24) is 4.90 Å². The number of amides is 2. The zero-order valence-electron chi connectivity index (χ0n) is 15.0. The van der Waals surface area contributed by atoms with Gasteiger partial charge in [0.1, 0.15) is 13.2 Å². The highest BCUT2D eigenvalue weighted by atomic mass is 16.6. The van der Waals surface area contributed by atoms with E-state index in [1.54, 1.807) is 6.07 Å². The molecule has 1 aliphatic carbocycles. The van der Waals surface area contributed by atoms with Gasteiger partial charge in [0.2, 0.25) is 11.8 Å². The van der Waals surface area contributed by atoms with Gasteiger partial charge in [-0.15, -0.1) is 0 Å². The third-order valence-corrected chi connectivity index (χ3v) is 5.60. The minimum absolute atomic E-state index is 0.0915. The Morgan fingerprint density at radius 2 is 1.77 bits per heavy atom. The number of anilines is 1. The number of hydrogen-bond acceptors (Lipinski definition) is 4. The van der Waals surface area contributed by atoms with Gasteiger partial charge in [0.15, 0.2) is 11.5 Å². The Kier molecular flexibility index (Phi) is 5.00. The van der Waals surface area contributed by atoms with E-state index >= 15 is 0 Å². The number of carbonyl (C=O) groups is 2. The highest BCUT2D eigenvalue weighted by Crippen LogP contribution is 2.33. The Labute approximate surface area is 153 Å². The highest BCUT2D eigenvalue weighted by molar-refractivity contribution is 5.97. The van der Waals surface area contributed by atoms with Crippen molar-refractivity contribution in [2.75, 3.05) is 25.1 Å². The van der Waals surface area contributed by atoms with Gasteiger partial charge in [-0.05, 0) is 25.0 Å². The Bertz CT molecular complexity index is 682. The van der Waals surface area contributed by atoms with Crippen molar-refractivity contribution in [1.29, 1.82) is 0 Å². The second-order valence-electron chi connectivity index (χ2n) is 7.44. The average molecular weight is 358 g/mol. The molecule has 6 nitrogen and oxygen atoms in total. The first kappa shape index (κ1) is 17.2. The van der Waals surface area contributed by atoms with Crippen LogP contribution >= 0.6 is 0 Å². The normalized spacial score (nSPS) is 23.6. The molecule has 1 aromatic rings. The van der Waals surface area contributed by atoms with Crippen LogP contribution in [0.25, 0.3) is 0 Å². The lowest BCUT2D eigenvalue weighted by molar-refractivity contribution is -0.130. The maximum Gasteiger partial charge on any atom is 0.229 e.